The summed E-state index contributed by atoms with van der Waals surface area (Å²) in [4.78, 5) is 12.8. The van der Waals surface area contributed by atoms with E-state index in [9.17, 15) is 13.6 Å². The molecule has 1 amide bonds. The summed E-state index contributed by atoms with van der Waals surface area (Å²) in [5.74, 6) is 0.606. The van der Waals surface area contributed by atoms with Crippen LogP contribution in [0.1, 0.15) is 50.3 Å². The van der Waals surface area contributed by atoms with E-state index < -0.39 is 12.7 Å². The van der Waals surface area contributed by atoms with E-state index in [4.69, 9.17) is 27.9 Å². The first kappa shape index (κ1) is 27.5. The Labute approximate surface area is 225 Å². The van der Waals surface area contributed by atoms with Gasteiger partial charge in [-0.3, -0.25) is 4.68 Å². The van der Waals surface area contributed by atoms with Gasteiger partial charge >= 0.3 is 12.7 Å². The molecular formula is C26H32Cl2F2N4O3. The Bertz CT molecular complexity index is 1070. The molecule has 2 aliphatic carbocycles. The number of hydrogen-bond donors (Lipinski definition) is 2. The fourth-order valence-corrected chi connectivity index (χ4v) is 5.26. The minimum atomic E-state index is -2.86. The van der Waals surface area contributed by atoms with Crippen LogP contribution in [0.3, 0.4) is 0 Å². The quantitative estimate of drug-likeness (QED) is 0.313. The first-order chi connectivity index (χ1) is 17.8. The monoisotopic (exact) mass is 556 g/mol. The highest BCUT2D eigenvalue weighted by atomic mass is 35.5. The van der Waals surface area contributed by atoms with E-state index in [0.717, 1.165) is 36.2 Å². The number of hydrogen-bond acceptors (Lipinski definition) is 5. The van der Waals surface area contributed by atoms with Crippen LogP contribution in [0.25, 0.3) is 6.08 Å². The van der Waals surface area contributed by atoms with Gasteiger partial charge in [-0.1, -0.05) is 37.3 Å². The molecule has 7 nitrogen and oxygen atoms in total. The van der Waals surface area contributed by atoms with E-state index in [2.05, 4.69) is 20.5 Å². The van der Waals surface area contributed by atoms with Gasteiger partial charge in [-0.25, -0.2) is 4.79 Å². The standard InChI is InChI=1S/C26H32Cl2F2N4O3/c1-16(13-31-19-6-8-20(9-7-19)36-25(29)30)33-26(35)37-21(10-17-4-2-3-5-17)15-34-24-12-23(28)22(27)11-18(24)14-32-34/h6-9,12,14,16-17,21-22,25,31H,2-5,10-11,13,15H2,1H3,(H,33,35)/t16-,21-,22?/m0/s1. The van der Waals surface area contributed by atoms with Gasteiger partial charge < -0.3 is 20.1 Å². The zero-order valence-corrected chi connectivity index (χ0v) is 22.2. The van der Waals surface area contributed by atoms with Gasteiger partial charge in [-0.05, 0) is 61.6 Å². The van der Waals surface area contributed by atoms with Crippen molar-refractivity contribution in [1.82, 2.24) is 15.1 Å². The summed E-state index contributed by atoms with van der Waals surface area (Å²) in [5.41, 5.74) is 2.66. The fraction of sp³-hybridized carbons (Fsp3) is 0.538. The third kappa shape index (κ3) is 7.98. The van der Waals surface area contributed by atoms with E-state index in [1.54, 1.807) is 18.3 Å². The summed E-state index contributed by atoms with van der Waals surface area (Å²) in [6.45, 7) is -0.148. The maximum atomic E-state index is 12.8. The lowest BCUT2D eigenvalue weighted by atomic mass is 9.99. The zero-order chi connectivity index (χ0) is 26.4. The van der Waals surface area contributed by atoms with Crippen LogP contribution < -0.4 is 15.4 Å². The minimum Gasteiger partial charge on any atom is -0.444 e. The lowest BCUT2D eigenvalue weighted by Gasteiger charge is -2.24. The largest absolute Gasteiger partial charge is 0.444 e. The maximum absolute atomic E-state index is 12.8. The first-order valence-electron chi connectivity index (χ1n) is 12.6. The molecule has 0 saturated heterocycles. The number of aromatic nitrogens is 2. The topological polar surface area (TPSA) is 77.4 Å². The number of anilines is 1. The normalized spacial score (nSPS) is 19.2. The Morgan fingerprint density at radius 1 is 1.24 bits per heavy atom. The number of halogens is 4. The fourth-order valence-electron chi connectivity index (χ4n) is 4.85. The number of nitrogens with zero attached hydrogens (tertiary/aromatic N) is 2. The summed E-state index contributed by atoms with van der Waals surface area (Å²) < 4.78 is 36.7. The minimum absolute atomic E-state index is 0.0855. The van der Waals surface area contributed by atoms with E-state index >= 15 is 0 Å². The van der Waals surface area contributed by atoms with E-state index in [0.29, 0.717) is 30.5 Å². The Hall–Kier alpha value is -2.52. The predicted molar refractivity (Wildman–Crippen MR) is 140 cm³/mol. The number of allylic oxidation sites excluding steroid dienone is 1. The highest BCUT2D eigenvalue weighted by Crippen LogP contribution is 2.32. The molecule has 11 heteroatoms. The number of carbonyl (C=O) groups is 1. The molecule has 1 aromatic heterocycles. The molecule has 3 atom stereocenters. The molecule has 0 bridgehead atoms. The molecule has 4 rings (SSSR count). The van der Waals surface area contributed by atoms with Gasteiger partial charge in [0.15, 0.2) is 0 Å². The number of alkyl carbamates (subject to hydrolysis) is 1. The van der Waals surface area contributed by atoms with Crippen LogP contribution in [0.15, 0.2) is 35.5 Å². The highest BCUT2D eigenvalue weighted by Gasteiger charge is 2.27. The van der Waals surface area contributed by atoms with Crippen molar-refractivity contribution in [3.63, 3.8) is 0 Å². The molecule has 1 saturated carbocycles. The molecular weight excluding hydrogens is 525 g/mol. The third-order valence-electron chi connectivity index (χ3n) is 6.71. The summed E-state index contributed by atoms with van der Waals surface area (Å²) in [6.07, 6.45) is 8.89. The van der Waals surface area contributed by atoms with Gasteiger partial charge in [0.1, 0.15) is 11.9 Å². The van der Waals surface area contributed by atoms with Crippen molar-refractivity contribution >= 4 is 41.1 Å². The first-order valence-corrected chi connectivity index (χ1v) is 13.4. The summed E-state index contributed by atoms with van der Waals surface area (Å²) in [7, 11) is 0. The van der Waals surface area contributed by atoms with Crippen LogP contribution in [0.4, 0.5) is 19.3 Å². The molecule has 0 spiro atoms. The predicted octanol–water partition coefficient (Wildman–Crippen LogP) is 6.40. The van der Waals surface area contributed by atoms with Crippen LogP contribution in [0, 0.1) is 5.92 Å². The van der Waals surface area contributed by atoms with E-state index in [1.807, 2.05) is 17.7 Å². The molecule has 1 fully saturated rings. The van der Waals surface area contributed by atoms with Crippen LogP contribution >= 0.6 is 23.2 Å². The van der Waals surface area contributed by atoms with Crippen molar-refractivity contribution in [2.75, 3.05) is 11.9 Å². The zero-order valence-electron chi connectivity index (χ0n) is 20.6. The number of benzene rings is 1. The number of rotatable bonds is 11. The molecule has 2 aromatic rings. The molecule has 37 heavy (non-hydrogen) atoms. The average Bonchev–Trinajstić information content (AvgIpc) is 3.49. The van der Waals surface area contributed by atoms with E-state index in [-0.39, 0.29) is 23.3 Å². The smallest absolute Gasteiger partial charge is 0.407 e. The number of carbonyl (C=O) groups excluding carboxylic acids is 1. The molecule has 1 heterocycles. The Kier molecular flexibility index (Phi) is 9.54. The summed E-state index contributed by atoms with van der Waals surface area (Å²) in [5, 5.41) is 10.9. The maximum Gasteiger partial charge on any atom is 0.407 e. The second-order valence-electron chi connectivity index (χ2n) is 9.68. The highest BCUT2D eigenvalue weighted by molar-refractivity contribution is 6.39. The number of alkyl halides is 3. The second-order valence-corrected chi connectivity index (χ2v) is 10.6. The van der Waals surface area contributed by atoms with Gasteiger partial charge in [0.2, 0.25) is 0 Å². The van der Waals surface area contributed by atoms with Gasteiger partial charge in [0.05, 0.1) is 23.8 Å². The molecule has 202 valence electrons. The molecule has 0 radical (unpaired) electrons. The molecule has 2 aliphatic rings. The number of ether oxygens (including phenoxy) is 2. The Morgan fingerprint density at radius 3 is 2.68 bits per heavy atom. The van der Waals surface area contributed by atoms with Crippen LogP contribution in [-0.2, 0) is 17.7 Å². The van der Waals surface area contributed by atoms with Crippen molar-refractivity contribution in [3.05, 3.63) is 46.8 Å². The van der Waals surface area contributed by atoms with Crippen molar-refractivity contribution in [2.24, 2.45) is 5.92 Å². The summed E-state index contributed by atoms with van der Waals surface area (Å²) >= 11 is 12.6. The SMILES string of the molecule is C[C@@H](CNc1ccc(OC(F)F)cc1)NC(=O)O[C@@H](CC1CCCC1)Cn1ncc2c1C=C(Cl)C(Cl)C2. The van der Waals surface area contributed by atoms with Crippen molar-refractivity contribution in [3.8, 4) is 5.75 Å². The van der Waals surface area contributed by atoms with E-state index in [1.165, 1.54) is 25.0 Å². The van der Waals surface area contributed by atoms with Gasteiger partial charge in [-0.15, -0.1) is 11.6 Å². The number of fused-ring (bicyclic) bond motifs is 1. The number of amides is 1. The van der Waals surface area contributed by atoms with Crippen LogP contribution in [0.2, 0.25) is 0 Å². The van der Waals surface area contributed by atoms with Crippen molar-refractivity contribution in [1.29, 1.82) is 0 Å². The number of nitrogens with one attached hydrogen (secondary N) is 2. The lowest BCUT2D eigenvalue weighted by Crippen LogP contribution is -2.40. The van der Waals surface area contributed by atoms with Crippen LogP contribution in [-0.4, -0.2) is 46.6 Å². The van der Waals surface area contributed by atoms with Crippen molar-refractivity contribution < 1.29 is 23.0 Å². The van der Waals surface area contributed by atoms with Crippen LogP contribution in [0.5, 0.6) is 5.75 Å². The summed E-state index contributed by atoms with van der Waals surface area (Å²) in [6, 6.07) is 5.95. The average molecular weight is 557 g/mol. The second kappa shape index (κ2) is 12.8. The van der Waals surface area contributed by atoms with Gasteiger partial charge in [0.25, 0.3) is 0 Å². The van der Waals surface area contributed by atoms with Gasteiger partial charge in [-0.2, -0.15) is 13.9 Å². The van der Waals surface area contributed by atoms with Gasteiger partial charge in [0, 0.05) is 23.3 Å². The molecule has 2 N–H and O–H groups in total. The lowest BCUT2D eigenvalue weighted by molar-refractivity contribution is -0.0498. The Balaban J connectivity index is 1.32. The molecule has 1 aromatic carbocycles. The van der Waals surface area contributed by atoms with Crippen molar-refractivity contribution in [2.45, 2.75) is 76.1 Å². The molecule has 0 aliphatic heterocycles. The third-order valence-corrected chi connectivity index (χ3v) is 7.58. The Morgan fingerprint density at radius 2 is 1.97 bits per heavy atom. The molecule has 1 unspecified atom stereocenters.